The highest BCUT2D eigenvalue weighted by Crippen LogP contribution is 2.46. The molecule has 0 unspecified atom stereocenters. The molecule has 5 nitrogen and oxygen atoms in total. The van der Waals surface area contributed by atoms with Crippen molar-refractivity contribution >= 4 is 16.0 Å². The van der Waals surface area contributed by atoms with Crippen LogP contribution < -0.4 is 0 Å². The molecule has 0 N–H and O–H groups in total. The first-order valence-corrected chi connectivity index (χ1v) is 7.85. The molecule has 1 saturated heterocycles. The van der Waals surface area contributed by atoms with Crippen LogP contribution in [0.5, 0.6) is 0 Å². The molecule has 2 fully saturated rings. The standard InChI is InChI=1S/C11H19NO4S/c1-11-7-4-3-5-9(11)12(10(13)6-8-11)16-17(2,14)15/h9H,3-8H2,1-2H3/t9-,11-/m0/s1. The van der Waals surface area contributed by atoms with E-state index in [4.69, 9.17) is 4.28 Å². The SMILES string of the molecule is C[C@@]12CCCC[C@@H]1N(OS(C)(=O)=O)C(=O)CC2. The second-order valence-electron chi connectivity index (χ2n) is 5.41. The highest BCUT2D eigenvalue weighted by atomic mass is 32.2. The van der Waals surface area contributed by atoms with Crippen LogP contribution in [-0.2, 0) is 19.2 Å². The van der Waals surface area contributed by atoms with Gasteiger partial charge in [0.1, 0.15) is 0 Å². The molecule has 0 aromatic carbocycles. The summed E-state index contributed by atoms with van der Waals surface area (Å²) in [5, 5.41) is 1.12. The fourth-order valence-corrected chi connectivity index (χ4v) is 3.47. The van der Waals surface area contributed by atoms with Gasteiger partial charge in [0.15, 0.2) is 0 Å². The summed E-state index contributed by atoms with van der Waals surface area (Å²) in [5.41, 5.74) is 0.0108. The first-order valence-electron chi connectivity index (χ1n) is 6.03. The van der Waals surface area contributed by atoms with Crippen molar-refractivity contribution in [3.05, 3.63) is 0 Å². The number of carbonyl (C=O) groups excluding carboxylic acids is 1. The molecule has 0 bridgehead atoms. The van der Waals surface area contributed by atoms with E-state index in [1.165, 1.54) is 0 Å². The number of rotatable bonds is 2. The van der Waals surface area contributed by atoms with Gasteiger partial charge in [0.05, 0.1) is 12.3 Å². The first-order chi connectivity index (χ1) is 7.82. The highest BCUT2D eigenvalue weighted by molar-refractivity contribution is 7.85. The summed E-state index contributed by atoms with van der Waals surface area (Å²) in [6.45, 7) is 2.13. The van der Waals surface area contributed by atoms with E-state index in [0.29, 0.717) is 6.42 Å². The van der Waals surface area contributed by atoms with Crippen LogP contribution in [0.25, 0.3) is 0 Å². The Labute approximate surface area is 102 Å². The van der Waals surface area contributed by atoms with Crippen molar-refractivity contribution in [2.45, 2.75) is 51.5 Å². The number of piperidine rings is 1. The van der Waals surface area contributed by atoms with Crippen LogP contribution >= 0.6 is 0 Å². The van der Waals surface area contributed by atoms with E-state index in [1.54, 1.807) is 0 Å². The number of hydrogen-bond acceptors (Lipinski definition) is 4. The lowest BCUT2D eigenvalue weighted by molar-refractivity contribution is -0.189. The van der Waals surface area contributed by atoms with Gasteiger partial charge >= 0.3 is 0 Å². The van der Waals surface area contributed by atoms with Crippen molar-refractivity contribution in [3.8, 4) is 0 Å². The maximum Gasteiger partial charge on any atom is 0.285 e. The second-order valence-corrected chi connectivity index (χ2v) is 6.97. The zero-order valence-electron chi connectivity index (χ0n) is 10.3. The molecule has 1 aliphatic carbocycles. The van der Waals surface area contributed by atoms with Gasteiger partial charge in [-0.3, -0.25) is 4.79 Å². The van der Waals surface area contributed by atoms with Gasteiger partial charge in [-0.05, 0) is 24.7 Å². The predicted octanol–water partition coefficient (Wildman–Crippen LogP) is 1.45. The van der Waals surface area contributed by atoms with Crippen LogP contribution in [-0.4, -0.2) is 31.7 Å². The van der Waals surface area contributed by atoms with Crippen molar-refractivity contribution in [1.29, 1.82) is 0 Å². The molecule has 0 aromatic heterocycles. The lowest BCUT2D eigenvalue weighted by Crippen LogP contribution is -2.55. The summed E-state index contributed by atoms with van der Waals surface area (Å²) in [5.74, 6) is -0.209. The minimum absolute atomic E-state index is 0.0108. The molecule has 0 spiro atoms. The fourth-order valence-electron chi connectivity index (χ4n) is 2.99. The quantitative estimate of drug-likeness (QED) is 0.754. The summed E-state index contributed by atoms with van der Waals surface area (Å²) < 4.78 is 27.3. The lowest BCUT2D eigenvalue weighted by atomic mass is 9.67. The number of hydroxylamine groups is 2. The number of hydrogen-bond donors (Lipinski definition) is 0. The first kappa shape index (κ1) is 12.8. The Morgan fingerprint density at radius 2 is 2.06 bits per heavy atom. The molecule has 1 heterocycles. The predicted molar refractivity (Wildman–Crippen MR) is 62.4 cm³/mol. The van der Waals surface area contributed by atoms with Gasteiger partial charge in [-0.25, -0.2) is 5.06 Å². The van der Waals surface area contributed by atoms with E-state index >= 15 is 0 Å². The van der Waals surface area contributed by atoms with E-state index in [1.807, 2.05) is 0 Å². The van der Waals surface area contributed by atoms with Crippen LogP contribution in [0.4, 0.5) is 0 Å². The Morgan fingerprint density at radius 3 is 2.71 bits per heavy atom. The van der Waals surface area contributed by atoms with E-state index in [0.717, 1.165) is 43.4 Å². The van der Waals surface area contributed by atoms with E-state index < -0.39 is 10.1 Å². The van der Waals surface area contributed by atoms with Crippen LogP contribution in [0.15, 0.2) is 0 Å². The van der Waals surface area contributed by atoms with Crippen molar-refractivity contribution in [1.82, 2.24) is 5.06 Å². The summed E-state index contributed by atoms with van der Waals surface area (Å²) in [6.07, 6.45) is 6.23. The third-order valence-electron chi connectivity index (χ3n) is 3.93. The molecule has 2 rings (SSSR count). The maximum atomic E-state index is 11.8. The molecule has 0 aromatic rings. The van der Waals surface area contributed by atoms with Gasteiger partial charge in [-0.1, -0.05) is 19.8 Å². The smallest absolute Gasteiger partial charge is 0.273 e. The van der Waals surface area contributed by atoms with Crippen molar-refractivity contribution in [2.75, 3.05) is 6.26 Å². The minimum atomic E-state index is -3.63. The zero-order valence-corrected chi connectivity index (χ0v) is 11.1. The normalized spacial score (nSPS) is 34.6. The van der Waals surface area contributed by atoms with Crippen molar-refractivity contribution in [3.63, 3.8) is 0 Å². The number of nitrogens with zero attached hydrogens (tertiary/aromatic N) is 1. The van der Waals surface area contributed by atoms with Gasteiger partial charge < -0.3 is 0 Å². The Kier molecular flexibility index (Phi) is 3.20. The molecule has 2 aliphatic rings. The Bertz CT molecular complexity index is 419. The molecule has 0 radical (unpaired) electrons. The lowest BCUT2D eigenvalue weighted by Gasteiger charge is -2.48. The van der Waals surface area contributed by atoms with Gasteiger partial charge in [0, 0.05) is 6.42 Å². The molecule has 17 heavy (non-hydrogen) atoms. The Balaban J connectivity index is 2.24. The Hall–Kier alpha value is -0.620. The molecular weight excluding hydrogens is 242 g/mol. The maximum absolute atomic E-state index is 11.8. The average molecular weight is 261 g/mol. The molecule has 6 heteroatoms. The van der Waals surface area contributed by atoms with Crippen molar-refractivity contribution in [2.24, 2.45) is 5.41 Å². The summed E-state index contributed by atoms with van der Waals surface area (Å²) in [4.78, 5) is 11.8. The Morgan fingerprint density at radius 1 is 1.35 bits per heavy atom. The van der Waals surface area contributed by atoms with Crippen molar-refractivity contribution < 1.29 is 17.5 Å². The summed E-state index contributed by atoms with van der Waals surface area (Å²) in [6, 6.07) is -0.0905. The highest BCUT2D eigenvalue weighted by Gasteiger charge is 2.47. The van der Waals surface area contributed by atoms with E-state index in [2.05, 4.69) is 6.92 Å². The molecular formula is C11H19NO4S. The topological polar surface area (TPSA) is 63.7 Å². The number of amides is 1. The van der Waals surface area contributed by atoms with Crippen LogP contribution in [0.3, 0.4) is 0 Å². The fraction of sp³-hybridized carbons (Fsp3) is 0.909. The minimum Gasteiger partial charge on any atom is -0.273 e. The van der Waals surface area contributed by atoms with Crippen LogP contribution in [0.2, 0.25) is 0 Å². The number of carbonyl (C=O) groups is 1. The molecule has 1 aliphatic heterocycles. The summed E-state index contributed by atoms with van der Waals surface area (Å²) in [7, 11) is -3.63. The summed E-state index contributed by atoms with van der Waals surface area (Å²) >= 11 is 0. The monoisotopic (exact) mass is 261 g/mol. The molecule has 1 saturated carbocycles. The van der Waals surface area contributed by atoms with Gasteiger partial charge in [-0.2, -0.15) is 8.42 Å². The average Bonchev–Trinajstić information content (AvgIpc) is 2.21. The third kappa shape index (κ3) is 2.63. The van der Waals surface area contributed by atoms with E-state index in [9.17, 15) is 13.2 Å². The van der Waals surface area contributed by atoms with Crippen LogP contribution in [0.1, 0.15) is 45.4 Å². The molecule has 2 atom stereocenters. The molecule has 98 valence electrons. The second kappa shape index (κ2) is 4.24. The van der Waals surface area contributed by atoms with E-state index in [-0.39, 0.29) is 17.4 Å². The van der Waals surface area contributed by atoms with Gasteiger partial charge in [0.25, 0.3) is 10.1 Å². The third-order valence-corrected chi connectivity index (χ3v) is 4.37. The van der Waals surface area contributed by atoms with Crippen LogP contribution in [0, 0.1) is 5.41 Å². The number of fused-ring (bicyclic) bond motifs is 1. The molecule has 1 amide bonds. The zero-order chi connectivity index (χ0) is 12.7. The van der Waals surface area contributed by atoms with Gasteiger partial charge in [0.2, 0.25) is 5.91 Å². The van der Waals surface area contributed by atoms with Gasteiger partial charge in [-0.15, -0.1) is 4.28 Å². The largest absolute Gasteiger partial charge is 0.285 e.